The van der Waals surface area contributed by atoms with E-state index in [9.17, 15) is 13.2 Å². The lowest BCUT2D eigenvalue weighted by atomic mass is 9.86. The van der Waals surface area contributed by atoms with E-state index < -0.39 is 12.1 Å². The molecule has 1 saturated carbocycles. The number of rotatable bonds is 1. The number of nitrogens with zero attached hydrogens (tertiary/aromatic N) is 2. The van der Waals surface area contributed by atoms with Crippen LogP contribution in [0.2, 0.25) is 0 Å². The Balaban J connectivity index is 2.50. The Labute approximate surface area is 97.0 Å². The molecule has 0 saturated heterocycles. The highest BCUT2D eigenvalue weighted by molar-refractivity contribution is 5.92. The fraction of sp³-hybridized carbons (Fsp3) is 0.778. The third kappa shape index (κ3) is 4.49. The quantitative estimate of drug-likeness (QED) is 0.472. The van der Waals surface area contributed by atoms with Crippen LogP contribution in [0, 0.1) is 5.92 Å². The Morgan fingerprint density at radius 1 is 1.00 bits per heavy atom. The summed E-state index contributed by atoms with van der Waals surface area (Å²) in [6.07, 6.45) is -3.25. The van der Waals surface area contributed by atoms with E-state index in [4.69, 9.17) is 17.2 Å². The van der Waals surface area contributed by atoms with Gasteiger partial charge < -0.3 is 17.2 Å². The van der Waals surface area contributed by atoms with Crippen molar-refractivity contribution in [3.63, 3.8) is 0 Å². The largest absolute Gasteiger partial charge is 0.391 e. The third-order valence-electron chi connectivity index (χ3n) is 2.72. The molecule has 0 amide bonds. The van der Waals surface area contributed by atoms with Gasteiger partial charge in [0.25, 0.3) is 0 Å². The molecule has 0 aromatic rings. The second kappa shape index (κ2) is 5.24. The molecule has 6 N–H and O–H groups in total. The minimum absolute atomic E-state index is 0.0762. The molecule has 0 bridgehead atoms. The van der Waals surface area contributed by atoms with Crippen molar-refractivity contribution in [2.75, 3.05) is 0 Å². The van der Waals surface area contributed by atoms with E-state index in [1.807, 2.05) is 0 Å². The maximum Gasteiger partial charge on any atom is 0.391 e. The number of nitrogens with two attached hydrogens (primary N) is 3. The van der Waals surface area contributed by atoms with Crippen molar-refractivity contribution in [1.29, 1.82) is 0 Å². The molecule has 0 unspecified atom stereocenters. The molecule has 1 aliphatic rings. The number of hydrogen-bond acceptors (Lipinski definition) is 1. The number of alkyl halides is 3. The van der Waals surface area contributed by atoms with Crippen molar-refractivity contribution in [3.8, 4) is 0 Å². The van der Waals surface area contributed by atoms with Gasteiger partial charge in [-0.2, -0.15) is 18.2 Å². The predicted octanol–water partition coefficient (Wildman–Crippen LogP) is 0.696. The van der Waals surface area contributed by atoms with Gasteiger partial charge in [-0.1, -0.05) is 0 Å². The average molecular weight is 251 g/mol. The first-order valence-corrected chi connectivity index (χ1v) is 5.28. The average Bonchev–Trinajstić information content (AvgIpc) is 2.15. The summed E-state index contributed by atoms with van der Waals surface area (Å²) < 4.78 is 37.2. The lowest BCUT2D eigenvalue weighted by molar-refractivity contribution is -0.182. The zero-order valence-corrected chi connectivity index (χ0v) is 9.24. The van der Waals surface area contributed by atoms with Crippen LogP contribution in [0.4, 0.5) is 13.2 Å². The van der Waals surface area contributed by atoms with Crippen LogP contribution in [0.15, 0.2) is 9.98 Å². The minimum atomic E-state index is -4.11. The van der Waals surface area contributed by atoms with Gasteiger partial charge in [-0.05, 0) is 25.7 Å². The molecule has 1 aliphatic carbocycles. The minimum Gasteiger partial charge on any atom is -0.370 e. The monoisotopic (exact) mass is 251 g/mol. The van der Waals surface area contributed by atoms with Crippen LogP contribution in [0.25, 0.3) is 0 Å². The fourth-order valence-corrected chi connectivity index (χ4v) is 1.88. The zero-order valence-electron chi connectivity index (χ0n) is 9.24. The first-order valence-electron chi connectivity index (χ1n) is 5.28. The van der Waals surface area contributed by atoms with Crippen LogP contribution in [0.3, 0.4) is 0 Å². The number of guanidine groups is 2. The van der Waals surface area contributed by atoms with E-state index in [1.165, 1.54) is 0 Å². The number of hydrogen-bond donors (Lipinski definition) is 3. The van der Waals surface area contributed by atoms with Gasteiger partial charge in [0.2, 0.25) is 5.96 Å². The maximum atomic E-state index is 12.4. The van der Waals surface area contributed by atoms with Gasteiger partial charge in [0.1, 0.15) is 0 Å². The standard InChI is InChI=1S/C9H16F3N5/c10-9(11,12)5-1-3-6(4-2-5)16-8(15)17-7(13)14/h5-6H,1-4H2,(H6,13,14,15,16,17). The van der Waals surface area contributed by atoms with E-state index in [2.05, 4.69) is 9.98 Å². The first-order chi connectivity index (χ1) is 7.79. The van der Waals surface area contributed by atoms with Gasteiger partial charge in [0.05, 0.1) is 12.0 Å². The van der Waals surface area contributed by atoms with Crippen LogP contribution in [-0.4, -0.2) is 24.1 Å². The summed E-state index contributed by atoms with van der Waals surface area (Å²) in [5.74, 6) is -1.52. The van der Waals surface area contributed by atoms with E-state index in [1.54, 1.807) is 0 Å². The Hall–Kier alpha value is -1.47. The van der Waals surface area contributed by atoms with E-state index in [0.717, 1.165) is 0 Å². The Morgan fingerprint density at radius 3 is 1.94 bits per heavy atom. The molecule has 98 valence electrons. The van der Waals surface area contributed by atoms with Crippen molar-refractivity contribution < 1.29 is 13.2 Å². The van der Waals surface area contributed by atoms with Crippen molar-refractivity contribution in [2.45, 2.75) is 37.9 Å². The fourth-order valence-electron chi connectivity index (χ4n) is 1.88. The summed E-state index contributed by atoms with van der Waals surface area (Å²) in [5, 5.41) is 0. The molecular formula is C9H16F3N5. The van der Waals surface area contributed by atoms with E-state index in [-0.39, 0.29) is 30.8 Å². The van der Waals surface area contributed by atoms with Gasteiger partial charge in [0, 0.05) is 0 Å². The molecule has 0 aromatic heterocycles. The van der Waals surface area contributed by atoms with E-state index >= 15 is 0 Å². The molecule has 0 spiro atoms. The molecule has 17 heavy (non-hydrogen) atoms. The summed E-state index contributed by atoms with van der Waals surface area (Å²) in [4.78, 5) is 7.49. The SMILES string of the molecule is NC(N)=NC(N)=NC1CCC(C(F)(F)F)CC1. The van der Waals surface area contributed by atoms with Crippen LogP contribution in [0.5, 0.6) is 0 Å². The van der Waals surface area contributed by atoms with Crippen molar-refractivity contribution in [1.82, 2.24) is 0 Å². The van der Waals surface area contributed by atoms with Crippen LogP contribution in [-0.2, 0) is 0 Å². The Morgan fingerprint density at radius 2 is 1.53 bits per heavy atom. The molecular weight excluding hydrogens is 235 g/mol. The van der Waals surface area contributed by atoms with Gasteiger partial charge in [-0.15, -0.1) is 0 Å². The molecule has 0 aromatic carbocycles. The smallest absolute Gasteiger partial charge is 0.370 e. The molecule has 1 rings (SSSR count). The highest BCUT2D eigenvalue weighted by Crippen LogP contribution is 2.38. The summed E-state index contributed by atoms with van der Waals surface area (Å²) >= 11 is 0. The second-order valence-corrected chi connectivity index (χ2v) is 4.07. The third-order valence-corrected chi connectivity index (χ3v) is 2.72. The van der Waals surface area contributed by atoms with Gasteiger partial charge in [0.15, 0.2) is 5.96 Å². The summed E-state index contributed by atoms with van der Waals surface area (Å²) in [6.45, 7) is 0. The maximum absolute atomic E-state index is 12.4. The molecule has 0 radical (unpaired) electrons. The van der Waals surface area contributed by atoms with Gasteiger partial charge in [-0.3, -0.25) is 0 Å². The topological polar surface area (TPSA) is 103 Å². The van der Waals surface area contributed by atoms with Crippen LogP contribution >= 0.6 is 0 Å². The van der Waals surface area contributed by atoms with Crippen molar-refractivity contribution >= 4 is 11.9 Å². The Kier molecular flexibility index (Phi) is 4.19. The summed E-state index contributed by atoms with van der Waals surface area (Å²) in [7, 11) is 0. The van der Waals surface area contributed by atoms with Gasteiger partial charge >= 0.3 is 6.18 Å². The van der Waals surface area contributed by atoms with Crippen LogP contribution in [0.1, 0.15) is 25.7 Å². The number of aliphatic imine (C=N–C) groups is 2. The summed E-state index contributed by atoms with van der Waals surface area (Å²) in [5.41, 5.74) is 15.6. The lowest BCUT2D eigenvalue weighted by Gasteiger charge is -2.27. The predicted molar refractivity (Wildman–Crippen MR) is 59.2 cm³/mol. The second-order valence-electron chi connectivity index (χ2n) is 4.07. The number of halogens is 3. The van der Waals surface area contributed by atoms with Crippen molar-refractivity contribution in [2.24, 2.45) is 33.1 Å². The van der Waals surface area contributed by atoms with Crippen molar-refractivity contribution in [3.05, 3.63) is 0 Å². The van der Waals surface area contributed by atoms with Gasteiger partial charge in [-0.25, -0.2) is 4.99 Å². The molecule has 0 heterocycles. The Bertz CT molecular complexity index is 311. The highest BCUT2D eigenvalue weighted by Gasteiger charge is 2.41. The van der Waals surface area contributed by atoms with Crippen LogP contribution < -0.4 is 17.2 Å². The van der Waals surface area contributed by atoms with E-state index in [0.29, 0.717) is 12.8 Å². The normalized spacial score (nSPS) is 26.6. The molecule has 5 nitrogen and oxygen atoms in total. The first kappa shape index (κ1) is 13.6. The zero-order chi connectivity index (χ0) is 13.1. The molecule has 0 atom stereocenters. The lowest BCUT2D eigenvalue weighted by Crippen LogP contribution is -2.30. The molecule has 8 heteroatoms. The molecule has 1 fully saturated rings. The summed E-state index contributed by atoms with van der Waals surface area (Å²) in [6, 6.07) is -0.225. The highest BCUT2D eigenvalue weighted by atomic mass is 19.4. The molecule has 0 aliphatic heterocycles.